The van der Waals surface area contributed by atoms with E-state index in [1.165, 1.54) is 0 Å². The van der Waals surface area contributed by atoms with E-state index in [0.717, 1.165) is 15.5 Å². The molecule has 0 saturated heterocycles. The number of alkyl halides is 3. The van der Waals surface area contributed by atoms with E-state index in [1.54, 1.807) is 0 Å². The van der Waals surface area contributed by atoms with Crippen LogP contribution >= 0.6 is 0 Å². The first-order valence-electron chi connectivity index (χ1n) is 7.87. The second-order valence-electron chi connectivity index (χ2n) is 6.02. The van der Waals surface area contributed by atoms with Gasteiger partial charge in [0.1, 0.15) is 11.6 Å². The number of aliphatic hydroxyl groups is 1. The molecule has 2 heterocycles. The van der Waals surface area contributed by atoms with Gasteiger partial charge in [-0.05, 0) is 11.6 Å². The highest BCUT2D eigenvalue weighted by molar-refractivity contribution is 5.88. The van der Waals surface area contributed by atoms with Gasteiger partial charge in [0.05, 0.1) is 6.54 Å². The summed E-state index contributed by atoms with van der Waals surface area (Å²) in [4.78, 5) is 13.3. The van der Waals surface area contributed by atoms with Gasteiger partial charge < -0.3 is 14.6 Å². The zero-order valence-corrected chi connectivity index (χ0v) is 14.0. The fourth-order valence-electron chi connectivity index (χ4n) is 2.73. The second-order valence-corrected chi connectivity index (χ2v) is 6.02. The van der Waals surface area contributed by atoms with Gasteiger partial charge in [0.2, 0.25) is 11.7 Å². The number of carbonyl (C=O) groups is 1. The van der Waals surface area contributed by atoms with Gasteiger partial charge in [-0.15, -0.1) is 10.2 Å². The molecule has 1 aliphatic heterocycles. The Morgan fingerprint density at radius 1 is 1.11 bits per heavy atom. The molecule has 6 nitrogen and oxygen atoms in total. The van der Waals surface area contributed by atoms with Crippen molar-refractivity contribution in [3.8, 4) is 0 Å². The van der Waals surface area contributed by atoms with E-state index in [4.69, 9.17) is 0 Å². The predicted octanol–water partition coefficient (Wildman–Crippen LogP) is 2.74. The van der Waals surface area contributed by atoms with Crippen LogP contribution < -0.4 is 0 Å². The van der Waals surface area contributed by atoms with Gasteiger partial charge in [-0.3, -0.25) is 4.79 Å². The maximum Gasteiger partial charge on any atom is 0.451 e. The fourth-order valence-corrected chi connectivity index (χ4v) is 2.73. The van der Waals surface area contributed by atoms with E-state index in [2.05, 4.69) is 10.2 Å². The standard InChI is InChI=1S/C16H12F6N4O2/c17-10-6-12(19)11(18)4-8(10)3-9(27)5-14(28)25-1-2-26-13(7-25)23-24-15(26)16(20,21)22/h4-6,27H,1-3,7H2. The third-order valence-corrected chi connectivity index (χ3v) is 4.07. The lowest BCUT2D eigenvalue weighted by Gasteiger charge is -2.27. The first kappa shape index (κ1) is 19.7. The van der Waals surface area contributed by atoms with E-state index in [0.29, 0.717) is 12.1 Å². The summed E-state index contributed by atoms with van der Waals surface area (Å²) >= 11 is 0. The minimum atomic E-state index is -4.68. The van der Waals surface area contributed by atoms with Gasteiger partial charge in [0, 0.05) is 31.7 Å². The number of nitrogens with zero attached hydrogens (tertiary/aromatic N) is 4. The molecule has 1 aromatic carbocycles. The fraction of sp³-hybridized carbons (Fsp3) is 0.312. The lowest BCUT2D eigenvalue weighted by molar-refractivity contribution is -0.148. The predicted molar refractivity (Wildman–Crippen MR) is 81.2 cm³/mol. The molecule has 0 bridgehead atoms. The molecule has 1 amide bonds. The Kier molecular flexibility index (Phi) is 5.04. The number of aromatic nitrogens is 3. The third kappa shape index (κ3) is 3.94. The number of hydrogen-bond acceptors (Lipinski definition) is 4. The first-order chi connectivity index (χ1) is 13.1. The maximum absolute atomic E-state index is 13.6. The molecule has 1 aliphatic rings. The molecule has 150 valence electrons. The molecule has 3 rings (SSSR count). The molecule has 28 heavy (non-hydrogen) atoms. The third-order valence-electron chi connectivity index (χ3n) is 4.07. The number of benzene rings is 1. The first-order valence-corrected chi connectivity index (χ1v) is 7.87. The molecule has 0 spiro atoms. The second kappa shape index (κ2) is 7.17. The van der Waals surface area contributed by atoms with Crippen molar-refractivity contribution in [2.45, 2.75) is 25.7 Å². The number of amides is 1. The number of aliphatic hydroxyl groups excluding tert-OH is 1. The highest BCUT2D eigenvalue weighted by atomic mass is 19.4. The summed E-state index contributed by atoms with van der Waals surface area (Å²) in [5.74, 6) is -6.44. The van der Waals surface area contributed by atoms with Gasteiger partial charge in [-0.1, -0.05) is 0 Å². The molecular formula is C16H12F6N4O2. The van der Waals surface area contributed by atoms with E-state index < -0.39 is 47.5 Å². The number of halogens is 6. The van der Waals surface area contributed by atoms with Crippen LogP contribution in [0.4, 0.5) is 26.3 Å². The van der Waals surface area contributed by atoms with E-state index in [-0.39, 0.29) is 31.0 Å². The van der Waals surface area contributed by atoms with Gasteiger partial charge in [0.15, 0.2) is 17.5 Å². The average molecular weight is 406 g/mol. The largest absolute Gasteiger partial charge is 0.512 e. The molecular weight excluding hydrogens is 394 g/mol. The summed E-state index contributed by atoms with van der Waals surface area (Å²) in [7, 11) is 0. The van der Waals surface area contributed by atoms with Gasteiger partial charge in [0.25, 0.3) is 0 Å². The van der Waals surface area contributed by atoms with Crippen molar-refractivity contribution >= 4 is 5.91 Å². The molecule has 1 aromatic heterocycles. The molecule has 1 N–H and O–H groups in total. The highest BCUT2D eigenvalue weighted by Crippen LogP contribution is 2.29. The molecule has 12 heteroatoms. The normalized spacial score (nSPS) is 14.9. The van der Waals surface area contributed by atoms with Crippen LogP contribution in [-0.4, -0.2) is 37.2 Å². The van der Waals surface area contributed by atoms with Gasteiger partial charge in [-0.2, -0.15) is 13.2 Å². The van der Waals surface area contributed by atoms with Crippen molar-refractivity contribution < 1.29 is 36.2 Å². The van der Waals surface area contributed by atoms with Crippen LogP contribution in [0.1, 0.15) is 17.2 Å². The Bertz CT molecular complexity index is 953. The Morgan fingerprint density at radius 3 is 2.46 bits per heavy atom. The smallest absolute Gasteiger partial charge is 0.451 e. The Balaban J connectivity index is 1.71. The van der Waals surface area contributed by atoms with Crippen molar-refractivity contribution in [2.75, 3.05) is 6.54 Å². The van der Waals surface area contributed by atoms with Gasteiger partial charge >= 0.3 is 6.18 Å². The van der Waals surface area contributed by atoms with E-state index in [9.17, 15) is 36.2 Å². The topological polar surface area (TPSA) is 71.2 Å². The van der Waals surface area contributed by atoms with E-state index >= 15 is 0 Å². The summed E-state index contributed by atoms with van der Waals surface area (Å²) in [5.41, 5.74) is -0.367. The van der Waals surface area contributed by atoms with Gasteiger partial charge in [-0.25, -0.2) is 13.2 Å². The molecule has 0 fully saturated rings. The number of allylic oxidation sites excluding steroid dienone is 1. The van der Waals surface area contributed by atoms with Crippen LogP contribution in [0.2, 0.25) is 0 Å². The summed E-state index contributed by atoms with van der Waals surface area (Å²) < 4.78 is 78.9. The number of carbonyl (C=O) groups excluding carboxylic acids is 1. The Hall–Kier alpha value is -3.05. The lowest BCUT2D eigenvalue weighted by Crippen LogP contribution is -2.38. The summed E-state index contributed by atoms with van der Waals surface area (Å²) in [5, 5.41) is 16.3. The van der Waals surface area contributed by atoms with Crippen molar-refractivity contribution in [1.82, 2.24) is 19.7 Å². The minimum Gasteiger partial charge on any atom is -0.512 e. The molecule has 0 saturated carbocycles. The van der Waals surface area contributed by atoms with Crippen LogP contribution in [0.3, 0.4) is 0 Å². The van der Waals surface area contributed by atoms with Crippen LogP contribution in [0.15, 0.2) is 24.0 Å². The number of fused-ring (bicyclic) bond motifs is 1. The monoisotopic (exact) mass is 406 g/mol. The quantitative estimate of drug-likeness (QED) is 0.368. The van der Waals surface area contributed by atoms with Crippen LogP contribution in [-0.2, 0) is 30.5 Å². The lowest BCUT2D eigenvalue weighted by atomic mass is 10.1. The zero-order chi connectivity index (χ0) is 20.6. The Morgan fingerprint density at radius 2 is 1.79 bits per heavy atom. The number of rotatable bonds is 3. The zero-order valence-electron chi connectivity index (χ0n) is 14.0. The van der Waals surface area contributed by atoms with Crippen LogP contribution in [0, 0.1) is 17.5 Å². The SMILES string of the molecule is O=C(C=C(O)Cc1cc(F)c(F)cc1F)N1CCn2c(nnc2C(F)(F)F)C1. The minimum absolute atomic E-state index is 0.0773. The number of hydrogen-bond donors (Lipinski definition) is 1. The molecule has 0 radical (unpaired) electrons. The van der Waals surface area contributed by atoms with Crippen molar-refractivity contribution in [3.05, 3.63) is 58.6 Å². The molecule has 0 unspecified atom stereocenters. The summed E-state index contributed by atoms with van der Waals surface area (Å²) in [6, 6.07) is 0.872. The summed E-state index contributed by atoms with van der Waals surface area (Å²) in [6.07, 6.45) is -4.52. The highest BCUT2D eigenvalue weighted by Gasteiger charge is 2.39. The molecule has 0 atom stereocenters. The molecule has 2 aromatic rings. The van der Waals surface area contributed by atoms with Crippen molar-refractivity contribution in [2.24, 2.45) is 0 Å². The van der Waals surface area contributed by atoms with Crippen LogP contribution in [0.5, 0.6) is 0 Å². The van der Waals surface area contributed by atoms with Crippen molar-refractivity contribution in [3.63, 3.8) is 0 Å². The van der Waals surface area contributed by atoms with E-state index in [1.807, 2.05) is 0 Å². The maximum atomic E-state index is 13.6. The Labute approximate surface area is 153 Å². The van der Waals surface area contributed by atoms with Crippen LogP contribution in [0.25, 0.3) is 0 Å². The average Bonchev–Trinajstić information content (AvgIpc) is 3.03. The molecule has 0 aliphatic carbocycles. The summed E-state index contributed by atoms with van der Waals surface area (Å²) in [6.45, 7) is -0.573. The van der Waals surface area contributed by atoms with Crippen molar-refractivity contribution in [1.29, 1.82) is 0 Å².